The van der Waals surface area contributed by atoms with E-state index >= 15 is 0 Å². The van der Waals surface area contributed by atoms with Crippen LogP contribution in [0.1, 0.15) is 58.9 Å². The molecule has 21 heteroatoms. The van der Waals surface area contributed by atoms with Crippen LogP contribution in [-0.4, -0.2) is 116 Å². The average Bonchev–Trinajstić information content (AvgIpc) is 3.96. The number of nitrogens with one attached hydrogen (secondary N) is 1. The zero-order valence-electron chi connectivity index (χ0n) is 35.5. The number of carbonyl (C=O) groups excluding carboxylic acids is 5. The molecule has 3 aliphatic rings. The van der Waals surface area contributed by atoms with Crippen LogP contribution in [0.2, 0.25) is 5.02 Å². The molecular formula is C42H47ClF5N3O12. The van der Waals surface area contributed by atoms with Gasteiger partial charge in [-0.2, -0.15) is 8.78 Å². The van der Waals surface area contributed by atoms with E-state index in [4.69, 9.17) is 35.3 Å². The molecule has 2 aromatic rings. The van der Waals surface area contributed by atoms with E-state index in [0.717, 1.165) is 23.1 Å². The summed E-state index contributed by atoms with van der Waals surface area (Å²) in [5.41, 5.74) is -1.72. The summed E-state index contributed by atoms with van der Waals surface area (Å²) in [6.45, 7) is 5.97. The van der Waals surface area contributed by atoms with Crippen LogP contribution in [0.4, 0.5) is 32.4 Å². The van der Waals surface area contributed by atoms with Gasteiger partial charge in [0, 0.05) is 34.0 Å². The van der Waals surface area contributed by atoms with E-state index in [2.05, 4.69) is 10.1 Å². The Bertz CT molecular complexity index is 2200. The number of allylic oxidation sites excluding steroid dienone is 3. The minimum atomic E-state index is -2.47. The van der Waals surface area contributed by atoms with Crippen molar-refractivity contribution >= 4 is 47.1 Å². The summed E-state index contributed by atoms with van der Waals surface area (Å²) in [6.07, 6.45) is -1.87. The second kappa shape index (κ2) is 19.2. The van der Waals surface area contributed by atoms with Crippen molar-refractivity contribution in [3.63, 3.8) is 0 Å². The Morgan fingerprint density at radius 2 is 1.68 bits per heavy atom. The Balaban J connectivity index is 1.42. The molecule has 0 spiro atoms. The maximum Gasteiger partial charge on any atom is 0.407 e. The number of esters is 2. The first kappa shape index (κ1) is 48.7. The van der Waals surface area contributed by atoms with E-state index in [-0.39, 0.29) is 22.9 Å². The SMILES string of the molecule is COc1cc2cc(c1Cl)N(C)C(=O)C[C@H](OC(=O)[C@H](C)N(C)C(=O)CCC(=O)Oc1c(F)c(F)c(F)c(F)c1F)[C@@]1(C)OC1[C@](C)(O)[C@@H]1C[C@H](NC(=O)O1)[C@H](OC)/C=C/C=C(/C)C2. The van der Waals surface area contributed by atoms with Crippen molar-refractivity contribution in [1.29, 1.82) is 0 Å². The van der Waals surface area contributed by atoms with E-state index in [1.54, 1.807) is 24.3 Å². The smallest absolute Gasteiger partial charge is 0.407 e. The highest BCUT2D eigenvalue weighted by atomic mass is 35.5. The number of anilines is 1. The van der Waals surface area contributed by atoms with Crippen LogP contribution in [0.5, 0.6) is 11.5 Å². The van der Waals surface area contributed by atoms with Crippen LogP contribution in [0.3, 0.4) is 0 Å². The van der Waals surface area contributed by atoms with Crippen LogP contribution in [0.15, 0.2) is 35.9 Å². The van der Waals surface area contributed by atoms with Crippen molar-refractivity contribution in [1.82, 2.24) is 10.2 Å². The molecule has 4 bridgehead atoms. The molecule has 0 saturated carbocycles. The van der Waals surface area contributed by atoms with Gasteiger partial charge in [0.05, 0.1) is 37.8 Å². The highest BCUT2D eigenvalue weighted by molar-refractivity contribution is 6.35. The second-order valence-electron chi connectivity index (χ2n) is 15.8. The molecule has 15 nitrogen and oxygen atoms in total. The number of methoxy groups -OCH3 is 2. The largest absolute Gasteiger partial charge is 0.495 e. The Labute approximate surface area is 364 Å². The molecule has 3 amide bonds. The van der Waals surface area contributed by atoms with Gasteiger partial charge >= 0.3 is 18.0 Å². The molecule has 2 aromatic carbocycles. The molecular weight excluding hydrogens is 869 g/mol. The average molecular weight is 916 g/mol. The third kappa shape index (κ3) is 10.2. The van der Waals surface area contributed by atoms with E-state index in [1.807, 2.05) is 13.0 Å². The van der Waals surface area contributed by atoms with E-state index < -0.39 is 132 Å². The number of alkyl carbamates (subject to hydrolysis) is 1. The number of aliphatic hydroxyl groups is 1. The lowest BCUT2D eigenvalue weighted by Gasteiger charge is -2.40. The van der Waals surface area contributed by atoms with Crippen molar-refractivity contribution < 1.29 is 79.5 Å². The number of hydrogen-bond donors (Lipinski definition) is 2. The molecule has 2 saturated heterocycles. The second-order valence-corrected chi connectivity index (χ2v) is 16.2. The topological polar surface area (TPSA) is 183 Å². The number of halogens is 6. The number of fused-ring (bicyclic) bond motifs is 5. The van der Waals surface area contributed by atoms with Gasteiger partial charge in [0.1, 0.15) is 46.3 Å². The Hall–Kier alpha value is -5.31. The molecule has 344 valence electrons. The lowest BCUT2D eigenvalue weighted by atomic mass is 9.81. The molecule has 3 heterocycles. The number of carbonyl (C=O) groups is 5. The minimum Gasteiger partial charge on any atom is -0.495 e. The van der Waals surface area contributed by atoms with Crippen LogP contribution in [-0.2, 0) is 44.5 Å². The van der Waals surface area contributed by atoms with Gasteiger partial charge in [-0.15, -0.1) is 0 Å². The van der Waals surface area contributed by atoms with Gasteiger partial charge in [-0.05, 0) is 51.8 Å². The summed E-state index contributed by atoms with van der Waals surface area (Å²) < 4.78 is 102. The van der Waals surface area contributed by atoms with Gasteiger partial charge < -0.3 is 48.6 Å². The maximum absolute atomic E-state index is 14.2. The van der Waals surface area contributed by atoms with Gasteiger partial charge in [0.2, 0.25) is 46.6 Å². The Morgan fingerprint density at radius 1 is 1.05 bits per heavy atom. The molecule has 2 fully saturated rings. The summed E-state index contributed by atoms with van der Waals surface area (Å²) in [5, 5.41) is 14.9. The first-order chi connectivity index (χ1) is 29.5. The van der Waals surface area contributed by atoms with Crippen LogP contribution < -0.4 is 19.7 Å². The zero-order chi connectivity index (χ0) is 46.9. The fourth-order valence-electron chi connectivity index (χ4n) is 7.41. The number of ether oxygens (including phenoxy) is 6. The number of likely N-dealkylation sites (N-methyl/N-ethyl adjacent to an activating group) is 1. The number of hydrogen-bond acceptors (Lipinski definition) is 12. The third-order valence-electron chi connectivity index (χ3n) is 11.4. The lowest BCUT2D eigenvalue weighted by Crippen LogP contribution is -2.60. The third-order valence-corrected chi connectivity index (χ3v) is 11.8. The van der Waals surface area contributed by atoms with Crippen LogP contribution in [0, 0.1) is 29.1 Å². The fourth-order valence-corrected chi connectivity index (χ4v) is 7.72. The molecule has 63 heavy (non-hydrogen) atoms. The molecule has 0 aromatic heterocycles. The Kier molecular flexibility index (Phi) is 14.8. The summed E-state index contributed by atoms with van der Waals surface area (Å²) in [4.78, 5) is 68.5. The molecule has 2 N–H and O–H groups in total. The van der Waals surface area contributed by atoms with Gasteiger partial charge in [0.25, 0.3) is 0 Å². The lowest BCUT2D eigenvalue weighted by molar-refractivity contribution is -0.162. The maximum atomic E-state index is 14.2. The van der Waals surface area contributed by atoms with Crippen molar-refractivity contribution in [3.8, 4) is 11.5 Å². The quantitative estimate of drug-likeness (QED) is 0.0819. The van der Waals surface area contributed by atoms with Gasteiger partial charge in [-0.3, -0.25) is 14.4 Å². The number of rotatable bonds is 9. The van der Waals surface area contributed by atoms with Gasteiger partial charge in [-0.25, -0.2) is 22.8 Å². The molecule has 8 atom stereocenters. The van der Waals surface area contributed by atoms with E-state index in [9.17, 15) is 51.0 Å². The van der Waals surface area contributed by atoms with Gasteiger partial charge in [-0.1, -0.05) is 35.4 Å². The molecule has 5 rings (SSSR count). The minimum absolute atomic E-state index is 0.0372. The predicted octanol–water partition coefficient (Wildman–Crippen LogP) is 5.39. The predicted molar refractivity (Wildman–Crippen MR) is 212 cm³/mol. The normalized spacial score (nSPS) is 28.0. The van der Waals surface area contributed by atoms with Crippen LogP contribution >= 0.6 is 11.6 Å². The molecule has 1 unspecified atom stereocenters. The number of amides is 3. The highest BCUT2D eigenvalue weighted by Gasteiger charge is 2.69. The molecule has 0 radical (unpaired) electrons. The summed E-state index contributed by atoms with van der Waals surface area (Å²) in [7, 11) is 5.46. The van der Waals surface area contributed by atoms with E-state index in [0.29, 0.717) is 6.42 Å². The summed E-state index contributed by atoms with van der Waals surface area (Å²) in [5.74, 6) is -17.7. The molecule has 3 aliphatic heterocycles. The summed E-state index contributed by atoms with van der Waals surface area (Å²) in [6, 6.07) is 1.29. The monoisotopic (exact) mass is 915 g/mol. The van der Waals surface area contributed by atoms with E-state index in [1.165, 1.54) is 46.9 Å². The first-order valence-corrected chi connectivity index (χ1v) is 19.9. The fraction of sp³-hybridized carbons (Fsp3) is 0.500. The standard InChI is InChI=1S/C42H47ClF5N3O12/c1-19-10-9-11-24(58-7)22-17-26(61-40(56)49-22)41(3,57)39-42(4,63-39)27(18-29(53)51(6)23-15-21(14-19)16-25(59-8)31(23)43)60-38(55)20(2)50(5)28(52)12-13-30(54)62-37-35(47)33(45)32(44)34(46)36(37)48/h9-11,15-16,20,22,24,26-27,39,57H,12-14,17-18H2,1-8H3,(H,49,56)/b11-9+,19-10-/t20-,22-,24+,26-,27-,39?,41+,42+/m0/s1. The summed E-state index contributed by atoms with van der Waals surface area (Å²) >= 11 is 6.72. The molecule has 0 aliphatic carbocycles. The van der Waals surface area contributed by atoms with Gasteiger partial charge in [0.15, 0.2) is 0 Å². The van der Waals surface area contributed by atoms with Crippen molar-refractivity contribution in [2.45, 2.75) is 108 Å². The van der Waals surface area contributed by atoms with Crippen LogP contribution in [0.25, 0.3) is 0 Å². The van der Waals surface area contributed by atoms with Crippen molar-refractivity contribution in [3.05, 3.63) is 75.6 Å². The highest BCUT2D eigenvalue weighted by Crippen LogP contribution is 2.50. The Morgan fingerprint density at radius 3 is 2.30 bits per heavy atom. The first-order valence-electron chi connectivity index (χ1n) is 19.5. The number of nitrogens with zero attached hydrogens (tertiary/aromatic N) is 2. The zero-order valence-corrected chi connectivity index (χ0v) is 36.2. The van der Waals surface area contributed by atoms with Crippen molar-refractivity contribution in [2.75, 3.05) is 33.2 Å². The van der Waals surface area contributed by atoms with Crippen molar-refractivity contribution in [2.24, 2.45) is 0 Å². The number of epoxide rings is 1. The number of benzene rings is 2.